The number of nitrogens with one attached hydrogen (secondary N) is 1. The molecule has 38 heavy (non-hydrogen) atoms. The van der Waals surface area contributed by atoms with Crippen LogP contribution in [0, 0.1) is 11.6 Å². The van der Waals surface area contributed by atoms with E-state index in [4.69, 9.17) is 9.72 Å². The largest absolute Gasteiger partial charge is 0.378 e. The third-order valence-corrected chi connectivity index (χ3v) is 7.23. The van der Waals surface area contributed by atoms with Crippen molar-refractivity contribution in [3.05, 3.63) is 59.3 Å². The molecule has 11 heteroatoms. The number of aromatic nitrogens is 2. The molecule has 1 aromatic heterocycles. The smallest absolute Gasteiger partial charge is 0.253 e. The summed E-state index contributed by atoms with van der Waals surface area (Å²) in [5, 5.41) is 3.20. The number of carbonyl (C=O) groups excluding carboxylic acids is 2. The maximum Gasteiger partial charge on any atom is 0.253 e. The van der Waals surface area contributed by atoms with E-state index >= 15 is 0 Å². The Bertz CT molecular complexity index is 1350. The van der Waals surface area contributed by atoms with E-state index in [1.807, 2.05) is 6.92 Å². The van der Waals surface area contributed by atoms with Crippen LogP contribution in [0.2, 0.25) is 0 Å². The summed E-state index contributed by atoms with van der Waals surface area (Å²) in [4.78, 5) is 39.7. The Morgan fingerprint density at radius 1 is 1.18 bits per heavy atom. The molecule has 5 rings (SSSR count). The van der Waals surface area contributed by atoms with Crippen LogP contribution < -0.4 is 10.2 Å². The molecule has 0 saturated carbocycles. The first-order valence-corrected chi connectivity index (χ1v) is 12.7. The number of morpholine rings is 1. The van der Waals surface area contributed by atoms with Crippen LogP contribution in [0.15, 0.2) is 36.5 Å². The summed E-state index contributed by atoms with van der Waals surface area (Å²) in [5.74, 6) is -1.36. The van der Waals surface area contributed by atoms with Crippen LogP contribution in [-0.4, -0.2) is 84.6 Å². The van der Waals surface area contributed by atoms with Gasteiger partial charge in [-0.2, -0.15) is 0 Å². The number of anilines is 2. The number of amides is 2. The SMILES string of the molecule is CC(Nc1ccc(F)c(F)c1)c1cc(C(=O)N(C)C2CCN(C=O)C2)cc2ncc(N3CCOCC3)nc12. The highest BCUT2D eigenvalue weighted by Gasteiger charge is 2.29. The van der Waals surface area contributed by atoms with Gasteiger partial charge in [-0.05, 0) is 37.6 Å². The third kappa shape index (κ3) is 5.24. The Balaban J connectivity index is 1.52. The van der Waals surface area contributed by atoms with E-state index in [0.717, 1.165) is 18.5 Å². The number of carbonyl (C=O) groups is 2. The van der Waals surface area contributed by atoms with Crippen LogP contribution in [0.25, 0.3) is 11.0 Å². The summed E-state index contributed by atoms with van der Waals surface area (Å²) in [5.41, 5.74) is 2.70. The molecule has 0 bridgehead atoms. The Hall–Kier alpha value is -3.86. The lowest BCUT2D eigenvalue weighted by Crippen LogP contribution is -2.39. The van der Waals surface area contributed by atoms with Crippen LogP contribution in [0.5, 0.6) is 0 Å². The van der Waals surface area contributed by atoms with Crippen molar-refractivity contribution in [1.29, 1.82) is 0 Å². The lowest BCUT2D eigenvalue weighted by Gasteiger charge is -2.28. The second kappa shape index (κ2) is 10.9. The van der Waals surface area contributed by atoms with Crippen molar-refractivity contribution in [3.8, 4) is 0 Å². The Morgan fingerprint density at radius 3 is 2.68 bits per heavy atom. The average molecular weight is 525 g/mol. The zero-order valence-corrected chi connectivity index (χ0v) is 21.4. The van der Waals surface area contributed by atoms with Gasteiger partial charge in [-0.3, -0.25) is 14.6 Å². The molecule has 2 aliphatic heterocycles. The van der Waals surface area contributed by atoms with E-state index < -0.39 is 17.7 Å². The Morgan fingerprint density at radius 2 is 1.97 bits per heavy atom. The van der Waals surface area contributed by atoms with Crippen molar-refractivity contribution in [2.24, 2.45) is 0 Å². The van der Waals surface area contributed by atoms with E-state index in [-0.39, 0.29) is 11.9 Å². The summed E-state index contributed by atoms with van der Waals surface area (Å²) in [6.07, 6.45) is 3.21. The molecule has 200 valence electrons. The second-order valence-electron chi connectivity index (χ2n) is 9.71. The molecule has 0 radical (unpaired) electrons. The van der Waals surface area contributed by atoms with Crippen LogP contribution in [0.1, 0.15) is 35.3 Å². The van der Waals surface area contributed by atoms with E-state index in [0.29, 0.717) is 79.5 Å². The minimum absolute atomic E-state index is 0.0839. The number of hydrogen-bond donors (Lipinski definition) is 1. The molecule has 0 spiro atoms. The number of nitrogens with zero attached hydrogens (tertiary/aromatic N) is 5. The number of fused-ring (bicyclic) bond motifs is 1. The van der Waals surface area contributed by atoms with Gasteiger partial charge in [0.15, 0.2) is 11.6 Å². The third-order valence-electron chi connectivity index (χ3n) is 7.23. The lowest BCUT2D eigenvalue weighted by atomic mass is 10.0. The molecule has 3 aromatic rings. The van der Waals surface area contributed by atoms with Crippen molar-refractivity contribution in [2.45, 2.75) is 25.4 Å². The summed E-state index contributed by atoms with van der Waals surface area (Å²) >= 11 is 0. The highest BCUT2D eigenvalue weighted by atomic mass is 19.2. The molecule has 2 atom stereocenters. The number of likely N-dealkylation sites (N-methyl/N-ethyl adjacent to an activating group) is 1. The van der Waals surface area contributed by atoms with Gasteiger partial charge in [0.05, 0.1) is 42.5 Å². The Kier molecular flexibility index (Phi) is 7.37. The fourth-order valence-corrected chi connectivity index (χ4v) is 4.99. The molecule has 2 aliphatic rings. The standard InChI is InChI=1S/C27H30F2N6O3/c1-17(31-19-3-4-22(28)23(29)13-19)21-11-18(27(37)33(2)20-5-6-34(15-20)16-36)12-24-26(21)32-25(14-30-24)35-7-9-38-10-8-35/h3-4,11-14,16-17,20,31H,5-10,15H2,1-2H3. The van der Waals surface area contributed by atoms with Crippen LogP contribution in [-0.2, 0) is 9.53 Å². The molecule has 9 nitrogen and oxygen atoms in total. The van der Waals surface area contributed by atoms with Crippen molar-refractivity contribution >= 4 is 34.9 Å². The van der Waals surface area contributed by atoms with Gasteiger partial charge < -0.3 is 24.8 Å². The zero-order valence-electron chi connectivity index (χ0n) is 21.4. The zero-order chi connectivity index (χ0) is 26.8. The topological polar surface area (TPSA) is 90.9 Å². The van der Waals surface area contributed by atoms with Crippen molar-refractivity contribution in [1.82, 2.24) is 19.8 Å². The minimum Gasteiger partial charge on any atom is -0.378 e. The van der Waals surface area contributed by atoms with Gasteiger partial charge in [-0.25, -0.2) is 13.8 Å². The first-order valence-electron chi connectivity index (χ1n) is 12.7. The van der Waals surface area contributed by atoms with Gasteiger partial charge in [0, 0.05) is 56.1 Å². The first kappa shape index (κ1) is 25.8. The predicted molar refractivity (Wildman–Crippen MR) is 139 cm³/mol. The molecule has 2 fully saturated rings. The maximum atomic E-state index is 13.9. The minimum atomic E-state index is -0.951. The molecule has 2 saturated heterocycles. The van der Waals surface area contributed by atoms with E-state index in [9.17, 15) is 18.4 Å². The second-order valence-corrected chi connectivity index (χ2v) is 9.71. The van der Waals surface area contributed by atoms with Gasteiger partial charge in [0.1, 0.15) is 5.82 Å². The van der Waals surface area contributed by atoms with Gasteiger partial charge in [-0.15, -0.1) is 0 Å². The van der Waals surface area contributed by atoms with E-state index in [2.05, 4.69) is 15.2 Å². The number of ether oxygens (including phenoxy) is 1. The first-order chi connectivity index (χ1) is 18.3. The molecule has 2 aromatic carbocycles. The van der Waals surface area contributed by atoms with Gasteiger partial charge in [-0.1, -0.05) is 0 Å². The maximum absolute atomic E-state index is 13.9. The molecular weight excluding hydrogens is 494 g/mol. The number of benzene rings is 2. The fourth-order valence-electron chi connectivity index (χ4n) is 4.99. The highest BCUT2D eigenvalue weighted by Crippen LogP contribution is 2.30. The monoisotopic (exact) mass is 524 g/mol. The summed E-state index contributed by atoms with van der Waals surface area (Å²) in [6.45, 7) is 5.56. The van der Waals surface area contributed by atoms with E-state index in [1.165, 1.54) is 6.07 Å². The summed E-state index contributed by atoms with van der Waals surface area (Å²) in [7, 11) is 1.74. The summed E-state index contributed by atoms with van der Waals surface area (Å²) < 4.78 is 32.8. The Labute approximate surface area is 219 Å². The predicted octanol–water partition coefficient (Wildman–Crippen LogP) is 3.22. The summed E-state index contributed by atoms with van der Waals surface area (Å²) in [6, 6.07) is 6.64. The normalized spacial score (nSPS) is 18.5. The molecular formula is C27H30F2N6O3. The van der Waals surface area contributed by atoms with Gasteiger partial charge in [0.25, 0.3) is 5.91 Å². The van der Waals surface area contributed by atoms with Crippen molar-refractivity contribution < 1.29 is 23.1 Å². The van der Waals surface area contributed by atoms with Crippen LogP contribution >= 0.6 is 0 Å². The van der Waals surface area contributed by atoms with Crippen molar-refractivity contribution in [3.63, 3.8) is 0 Å². The molecule has 2 unspecified atom stereocenters. The number of rotatable bonds is 7. The fraction of sp³-hybridized carbons (Fsp3) is 0.407. The van der Waals surface area contributed by atoms with Crippen LogP contribution in [0.4, 0.5) is 20.3 Å². The van der Waals surface area contributed by atoms with Gasteiger partial charge in [0.2, 0.25) is 6.41 Å². The van der Waals surface area contributed by atoms with Crippen LogP contribution in [0.3, 0.4) is 0 Å². The number of halogens is 2. The number of hydrogen-bond acceptors (Lipinski definition) is 7. The van der Waals surface area contributed by atoms with Crippen molar-refractivity contribution in [2.75, 3.05) is 56.7 Å². The molecule has 3 heterocycles. The van der Waals surface area contributed by atoms with E-state index in [1.54, 1.807) is 35.2 Å². The average Bonchev–Trinajstić information content (AvgIpc) is 3.43. The molecule has 0 aliphatic carbocycles. The highest BCUT2D eigenvalue weighted by molar-refractivity contribution is 5.98. The quantitative estimate of drug-likeness (QED) is 0.475. The molecule has 1 N–H and O–H groups in total. The van der Waals surface area contributed by atoms with Gasteiger partial charge >= 0.3 is 0 Å². The lowest BCUT2D eigenvalue weighted by molar-refractivity contribution is -0.117. The molecule has 2 amide bonds. The number of likely N-dealkylation sites (tertiary alicyclic amines) is 1.